The van der Waals surface area contributed by atoms with E-state index in [1.54, 1.807) is 0 Å². The summed E-state index contributed by atoms with van der Waals surface area (Å²) in [4.78, 5) is 11.3. The van der Waals surface area contributed by atoms with Crippen molar-refractivity contribution in [2.75, 3.05) is 7.11 Å². The van der Waals surface area contributed by atoms with Gasteiger partial charge in [-0.2, -0.15) is 0 Å². The Kier molecular flexibility index (Phi) is 4.37. The van der Waals surface area contributed by atoms with Gasteiger partial charge in [-0.05, 0) is 17.7 Å². The smallest absolute Gasteiger partial charge is 0.337 e. The van der Waals surface area contributed by atoms with E-state index in [-0.39, 0.29) is 16.7 Å². The molecular weight excluding hydrogens is 238 g/mol. The molecule has 0 bridgehead atoms. The molecule has 0 aromatic heterocycles. The number of esters is 1. The molecule has 2 nitrogen and oxygen atoms in total. The van der Waals surface area contributed by atoms with Gasteiger partial charge in [0, 0.05) is 12.0 Å². The van der Waals surface area contributed by atoms with Gasteiger partial charge < -0.3 is 4.74 Å². The Morgan fingerprint density at radius 3 is 2.61 bits per heavy atom. The van der Waals surface area contributed by atoms with E-state index in [1.807, 2.05) is 0 Å². The second-order valence-corrected chi connectivity index (χ2v) is 3.75. The van der Waals surface area contributed by atoms with Crippen LogP contribution in [0.15, 0.2) is 43.5 Å². The van der Waals surface area contributed by atoms with Crippen LogP contribution in [0.4, 0.5) is 8.78 Å². The largest absolute Gasteiger partial charge is 0.465 e. The van der Waals surface area contributed by atoms with Crippen LogP contribution >= 0.6 is 0 Å². The number of carbonyl (C=O) groups is 1. The van der Waals surface area contributed by atoms with Crippen LogP contribution in [-0.4, -0.2) is 19.0 Å². The number of benzene rings is 1. The molecule has 1 rings (SSSR count). The molecule has 0 saturated heterocycles. The first-order chi connectivity index (χ1) is 8.42. The summed E-state index contributed by atoms with van der Waals surface area (Å²) in [6.45, 7) is 6.68. The van der Waals surface area contributed by atoms with E-state index in [9.17, 15) is 13.6 Å². The maximum atomic E-state index is 13.6. The zero-order chi connectivity index (χ0) is 13.8. The summed E-state index contributed by atoms with van der Waals surface area (Å²) in [5.41, 5.74) is 0.0865. The molecule has 0 unspecified atom stereocenters. The number of methoxy groups -OCH3 is 1. The zero-order valence-corrected chi connectivity index (χ0v) is 10.1. The fraction of sp³-hybridized carbons (Fsp3) is 0.214. The molecule has 0 amide bonds. The Hall–Kier alpha value is -1.97. The van der Waals surface area contributed by atoms with Gasteiger partial charge in [0.25, 0.3) is 5.92 Å². The summed E-state index contributed by atoms with van der Waals surface area (Å²) in [6.07, 6.45) is 0.642. The molecule has 0 radical (unpaired) electrons. The Morgan fingerprint density at radius 1 is 1.44 bits per heavy atom. The van der Waals surface area contributed by atoms with E-state index in [1.165, 1.54) is 31.4 Å². The number of halogens is 2. The predicted octanol–water partition coefficient (Wildman–Crippen LogP) is 3.70. The molecule has 0 spiro atoms. The molecule has 4 heteroatoms. The molecule has 0 fully saturated rings. The minimum absolute atomic E-state index is 0.213. The molecule has 0 atom stereocenters. The van der Waals surface area contributed by atoms with Crippen LogP contribution in [-0.2, 0) is 4.74 Å². The average molecular weight is 252 g/mol. The normalized spacial score (nSPS) is 10.8. The summed E-state index contributed by atoms with van der Waals surface area (Å²) in [7, 11) is 1.23. The fourth-order valence-corrected chi connectivity index (χ4v) is 1.47. The summed E-state index contributed by atoms with van der Waals surface area (Å²) in [5.74, 6) is -3.65. The van der Waals surface area contributed by atoms with Crippen molar-refractivity contribution in [3.63, 3.8) is 0 Å². The first kappa shape index (κ1) is 14.1. The molecule has 1 aromatic carbocycles. The lowest BCUT2D eigenvalue weighted by atomic mass is 9.97. The van der Waals surface area contributed by atoms with Crippen LogP contribution in [0, 0.1) is 0 Å². The van der Waals surface area contributed by atoms with Gasteiger partial charge in [-0.15, -0.1) is 6.58 Å². The molecule has 18 heavy (non-hydrogen) atoms. The summed E-state index contributed by atoms with van der Waals surface area (Å²) in [5, 5.41) is 0. The van der Waals surface area contributed by atoms with E-state index in [2.05, 4.69) is 17.9 Å². The van der Waals surface area contributed by atoms with E-state index >= 15 is 0 Å². The van der Waals surface area contributed by atoms with Crippen molar-refractivity contribution in [3.8, 4) is 0 Å². The zero-order valence-electron chi connectivity index (χ0n) is 10.1. The third-order valence-corrected chi connectivity index (χ3v) is 2.47. The SMILES string of the molecule is C=CCC(F)(F)C(=C)c1cccc(C(=O)OC)c1. The van der Waals surface area contributed by atoms with Gasteiger partial charge >= 0.3 is 5.97 Å². The van der Waals surface area contributed by atoms with Crippen LogP contribution < -0.4 is 0 Å². The first-order valence-electron chi connectivity index (χ1n) is 5.29. The lowest BCUT2D eigenvalue weighted by molar-refractivity contribution is 0.0598. The maximum Gasteiger partial charge on any atom is 0.337 e. The number of allylic oxidation sites excluding steroid dienone is 2. The summed E-state index contributed by atoms with van der Waals surface area (Å²) >= 11 is 0. The summed E-state index contributed by atoms with van der Waals surface area (Å²) < 4.78 is 31.8. The monoisotopic (exact) mass is 252 g/mol. The highest BCUT2D eigenvalue weighted by molar-refractivity contribution is 5.90. The van der Waals surface area contributed by atoms with Crippen molar-refractivity contribution in [1.29, 1.82) is 0 Å². The molecular formula is C14H14F2O2. The van der Waals surface area contributed by atoms with E-state index < -0.39 is 18.3 Å². The van der Waals surface area contributed by atoms with Gasteiger partial charge in [0.2, 0.25) is 0 Å². The quantitative estimate of drug-likeness (QED) is 0.590. The summed E-state index contributed by atoms with van der Waals surface area (Å²) in [6, 6.07) is 5.82. The third kappa shape index (κ3) is 3.03. The number of alkyl halides is 2. The Labute approximate surface area is 105 Å². The second kappa shape index (κ2) is 5.58. The van der Waals surface area contributed by atoms with Crippen LogP contribution in [0.25, 0.3) is 5.57 Å². The van der Waals surface area contributed by atoms with Crippen LogP contribution in [0.3, 0.4) is 0 Å². The molecule has 96 valence electrons. The van der Waals surface area contributed by atoms with Crippen molar-refractivity contribution in [3.05, 3.63) is 54.6 Å². The van der Waals surface area contributed by atoms with Crippen molar-refractivity contribution in [2.45, 2.75) is 12.3 Å². The molecule has 0 aliphatic heterocycles. The van der Waals surface area contributed by atoms with Crippen molar-refractivity contribution < 1.29 is 18.3 Å². The number of hydrogen-bond donors (Lipinski definition) is 0. The molecule has 0 aliphatic rings. The fourth-order valence-electron chi connectivity index (χ4n) is 1.47. The van der Waals surface area contributed by atoms with Gasteiger partial charge in [0.1, 0.15) is 0 Å². The van der Waals surface area contributed by atoms with Gasteiger partial charge in [-0.3, -0.25) is 0 Å². The highest BCUT2D eigenvalue weighted by Gasteiger charge is 2.32. The Morgan fingerprint density at radius 2 is 2.06 bits per heavy atom. The first-order valence-corrected chi connectivity index (χ1v) is 5.29. The van der Waals surface area contributed by atoms with Crippen LogP contribution in [0.2, 0.25) is 0 Å². The van der Waals surface area contributed by atoms with Crippen molar-refractivity contribution in [2.24, 2.45) is 0 Å². The molecule has 0 aliphatic carbocycles. The number of hydrogen-bond acceptors (Lipinski definition) is 2. The number of carbonyl (C=O) groups excluding carboxylic acids is 1. The van der Waals surface area contributed by atoms with Gasteiger partial charge in [-0.25, -0.2) is 13.6 Å². The molecule has 0 heterocycles. The minimum atomic E-state index is -3.07. The third-order valence-electron chi connectivity index (χ3n) is 2.47. The van der Waals surface area contributed by atoms with Gasteiger partial charge in [-0.1, -0.05) is 24.8 Å². The lowest BCUT2D eigenvalue weighted by Crippen LogP contribution is -2.16. The average Bonchev–Trinajstić information content (AvgIpc) is 2.37. The van der Waals surface area contributed by atoms with Crippen molar-refractivity contribution in [1.82, 2.24) is 0 Å². The van der Waals surface area contributed by atoms with Crippen LogP contribution in [0.5, 0.6) is 0 Å². The standard InChI is InChI=1S/C14H14F2O2/c1-4-8-14(15,16)10(2)11-6-5-7-12(9-11)13(17)18-3/h4-7,9H,1-2,8H2,3H3. The predicted molar refractivity (Wildman–Crippen MR) is 66.6 cm³/mol. The number of ether oxygens (including phenoxy) is 1. The van der Waals surface area contributed by atoms with Crippen molar-refractivity contribution >= 4 is 11.5 Å². The highest BCUT2D eigenvalue weighted by atomic mass is 19.3. The van der Waals surface area contributed by atoms with Crippen LogP contribution in [0.1, 0.15) is 22.3 Å². The Balaban J connectivity index is 3.07. The molecule has 0 saturated carbocycles. The lowest BCUT2D eigenvalue weighted by Gasteiger charge is -2.17. The van der Waals surface area contributed by atoms with Gasteiger partial charge in [0.15, 0.2) is 0 Å². The molecule has 0 N–H and O–H groups in total. The van der Waals surface area contributed by atoms with E-state index in [4.69, 9.17) is 0 Å². The Bertz CT molecular complexity index is 478. The van der Waals surface area contributed by atoms with Gasteiger partial charge in [0.05, 0.1) is 12.7 Å². The van der Waals surface area contributed by atoms with E-state index in [0.29, 0.717) is 0 Å². The molecule has 1 aromatic rings. The highest BCUT2D eigenvalue weighted by Crippen LogP contribution is 2.34. The minimum Gasteiger partial charge on any atom is -0.465 e. The van der Waals surface area contributed by atoms with E-state index in [0.717, 1.165) is 6.08 Å². The number of rotatable bonds is 5. The maximum absolute atomic E-state index is 13.6. The second-order valence-electron chi connectivity index (χ2n) is 3.75. The topological polar surface area (TPSA) is 26.3 Å².